The molecule has 0 aliphatic heterocycles. The van der Waals surface area contributed by atoms with E-state index in [4.69, 9.17) is 5.84 Å². The number of nitrogens with zero attached hydrogens (tertiary/aromatic N) is 4. The predicted molar refractivity (Wildman–Crippen MR) is 123 cm³/mol. The Bertz CT molecular complexity index is 1180. The van der Waals surface area contributed by atoms with Gasteiger partial charge in [0.15, 0.2) is 5.82 Å². The van der Waals surface area contributed by atoms with Gasteiger partial charge >= 0.3 is 0 Å². The van der Waals surface area contributed by atoms with Crippen LogP contribution in [0.1, 0.15) is 12.5 Å². The fourth-order valence-corrected chi connectivity index (χ4v) is 4.14. The van der Waals surface area contributed by atoms with E-state index in [9.17, 15) is 4.79 Å². The number of rotatable bonds is 6. The topological polar surface area (TPSA) is 77.0 Å². The molecule has 152 valence electrons. The van der Waals surface area contributed by atoms with Crippen molar-refractivity contribution in [3.63, 3.8) is 0 Å². The van der Waals surface area contributed by atoms with E-state index in [1.165, 1.54) is 16.4 Å². The first-order valence-corrected chi connectivity index (χ1v) is 10.8. The lowest BCUT2D eigenvalue weighted by Gasteiger charge is -2.22. The number of carbonyl (C=O) groups excluding carboxylic acids is 1. The monoisotopic (exact) mass is 417 g/mol. The van der Waals surface area contributed by atoms with Crippen molar-refractivity contribution in [2.75, 3.05) is 23.0 Å². The Kier molecular flexibility index (Phi) is 5.72. The molecule has 0 saturated heterocycles. The van der Waals surface area contributed by atoms with Crippen LogP contribution in [0.25, 0.3) is 22.2 Å². The molecule has 1 heterocycles. The molecule has 3 aromatic carbocycles. The Morgan fingerprint density at radius 1 is 1.03 bits per heavy atom. The maximum absolute atomic E-state index is 13.0. The van der Waals surface area contributed by atoms with Crippen molar-refractivity contribution in [3.8, 4) is 11.4 Å². The second-order valence-corrected chi connectivity index (χ2v) is 7.91. The first-order chi connectivity index (χ1) is 14.6. The first kappa shape index (κ1) is 20.0. The molecule has 4 aromatic rings. The number of amides is 1. The molecule has 1 aromatic heterocycles. The zero-order valence-electron chi connectivity index (χ0n) is 16.9. The Morgan fingerprint density at radius 2 is 1.77 bits per heavy atom. The van der Waals surface area contributed by atoms with Crippen LogP contribution >= 0.6 is 11.8 Å². The summed E-state index contributed by atoms with van der Waals surface area (Å²) in [6.45, 7) is 4.59. The Hall–Kier alpha value is -3.32. The SMILES string of the molecule is CCN(C(=O)CSc1nnc(-c2ccc(C)cc2)n1N)c1cccc2ccccc12. The number of hydrogen-bond donors (Lipinski definition) is 1. The fourth-order valence-electron chi connectivity index (χ4n) is 3.40. The molecule has 30 heavy (non-hydrogen) atoms. The molecule has 0 fully saturated rings. The van der Waals surface area contributed by atoms with Crippen LogP contribution in [0.2, 0.25) is 0 Å². The molecule has 0 radical (unpaired) electrons. The van der Waals surface area contributed by atoms with Gasteiger partial charge in [-0.2, -0.15) is 0 Å². The summed E-state index contributed by atoms with van der Waals surface area (Å²) in [6.07, 6.45) is 0. The molecule has 6 nitrogen and oxygen atoms in total. The zero-order valence-corrected chi connectivity index (χ0v) is 17.8. The minimum Gasteiger partial charge on any atom is -0.335 e. The lowest BCUT2D eigenvalue weighted by molar-refractivity contribution is -0.116. The maximum atomic E-state index is 13.0. The number of aryl methyl sites for hydroxylation is 1. The largest absolute Gasteiger partial charge is 0.335 e. The number of carbonyl (C=O) groups is 1. The Morgan fingerprint density at radius 3 is 2.53 bits per heavy atom. The number of nitrogen functional groups attached to an aromatic ring is 1. The van der Waals surface area contributed by atoms with Crippen molar-refractivity contribution in [1.29, 1.82) is 0 Å². The van der Waals surface area contributed by atoms with Gasteiger partial charge in [0.05, 0.1) is 11.4 Å². The van der Waals surface area contributed by atoms with Crippen LogP contribution in [-0.2, 0) is 4.79 Å². The molecule has 0 saturated carbocycles. The standard InChI is InChI=1S/C23H23N5OS/c1-3-27(20-10-6-8-17-7-4-5-9-19(17)20)21(29)15-30-23-26-25-22(28(23)24)18-13-11-16(2)12-14-18/h4-14H,3,15,24H2,1-2H3. The number of anilines is 1. The molecule has 4 rings (SSSR count). The van der Waals surface area contributed by atoms with Crippen molar-refractivity contribution in [1.82, 2.24) is 14.9 Å². The highest BCUT2D eigenvalue weighted by Gasteiger charge is 2.19. The average Bonchev–Trinajstić information content (AvgIpc) is 3.14. The summed E-state index contributed by atoms with van der Waals surface area (Å²) < 4.78 is 1.44. The van der Waals surface area contributed by atoms with E-state index in [0.29, 0.717) is 17.5 Å². The molecule has 0 aliphatic rings. The van der Waals surface area contributed by atoms with Crippen molar-refractivity contribution in [2.24, 2.45) is 0 Å². The number of thioether (sulfide) groups is 1. The predicted octanol–water partition coefficient (Wildman–Crippen LogP) is 4.27. The molecule has 0 unspecified atom stereocenters. The van der Waals surface area contributed by atoms with Gasteiger partial charge in [0.2, 0.25) is 11.1 Å². The quantitative estimate of drug-likeness (QED) is 0.375. The summed E-state index contributed by atoms with van der Waals surface area (Å²) >= 11 is 1.29. The first-order valence-electron chi connectivity index (χ1n) is 9.77. The van der Waals surface area contributed by atoms with Gasteiger partial charge in [0.1, 0.15) is 0 Å². The third-order valence-electron chi connectivity index (χ3n) is 4.97. The van der Waals surface area contributed by atoms with Crippen LogP contribution in [0.5, 0.6) is 0 Å². The summed E-state index contributed by atoms with van der Waals surface area (Å²) in [6, 6.07) is 22.0. The minimum absolute atomic E-state index is 0.00117. The highest BCUT2D eigenvalue weighted by Crippen LogP contribution is 2.28. The third-order valence-corrected chi connectivity index (χ3v) is 5.90. The molecule has 7 heteroatoms. The molecule has 1 amide bonds. The van der Waals surface area contributed by atoms with Crippen LogP contribution in [0.15, 0.2) is 71.9 Å². The van der Waals surface area contributed by atoms with E-state index in [1.54, 1.807) is 4.90 Å². The van der Waals surface area contributed by atoms with Gasteiger partial charge < -0.3 is 10.7 Å². The van der Waals surface area contributed by atoms with Crippen LogP contribution in [-0.4, -0.2) is 33.1 Å². The van der Waals surface area contributed by atoms with Crippen LogP contribution in [0, 0.1) is 6.92 Å². The van der Waals surface area contributed by atoms with Crippen LogP contribution in [0.3, 0.4) is 0 Å². The minimum atomic E-state index is -0.00117. The highest BCUT2D eigenvalue weighted by molar-refractivity contribution is 7.99. The van der Waals surface area contributed by atoms with Gasteiger partial charge in [-0.1, -0.05) is 78.0 Å². The van der Waals surface area contributed by atoms with Gasteiger partial charge in [-0.3, -0.25) is 4.79 Å². The zero-order chi connectivity index (χ0) is 21.1. The van der Waals surface area contributed by atoms with Crippen LogP contribution < -0.4 is 10.7 Å². The highest BCUT2D eigenvalue weighted by atomic mass is 32.2. The molecule has 0 bridgehead atoms. The fraction of sp³-hybridized carbons (Fsp3) is 0.174. The van der Waals surface area contributed by atoms with Gasteiger partial charge in [-0.05, 0) is 25.3 Å². The van der Waals surface area contributed by atoms with Crippen molar-refractivity contribution >= 4 is 34.1 Å². The number of nitrogens with two attached hydrogens (primary N) is 1. The van der Waals surface area contributed by atoms with Gasteiger partial charge in [0.25, 0.3) is 0 Å². The third kappa shape index (κ3) is 3.89. The van der Waals surface area contributed by atoms with E-state index in [1.807, 2.05) is 68.4 Å². The van der Waals surface area contributed by atoms with E-state index < -0.39 is 0 Å². The molecular formula is C23H23N5OS. The second kappa shape index (κ2) is 8.59. The second-order valence-electron chi connectivity index (χ2n) is 6.97. The summed E-state index contributed by atoms with van der Waals surface area (Å²) in [5.41, 5.74) is 2.96. The van der Waals surface area contributed by atoms with E-state index in [0.717, 1.165) is 27.6 Å². The van der Waals surface area contributed by atoms with E-state index in [2.05, 4.69) is 22.3 Å². The Labute approximate surface area is 179 Å². The summed E-state index contributed by atoms with van der Waals surface area (Å²) in [4.78, 5) is 14.8. The lowest BCUT2D eigenvalue weighted by atomic mass is 10.1. The van der Waals surface area contributed by atoms with E-state index >= 15 is 0 Å². The van der Waals surface area contributed by atoms with Gasteiger partial charge in [-0.25, -0.2) is 4.68 Å². The maximum Gasteiger partial charge on any atom is 0.237 e. The van der Waals surface area contributed by atoms with Crippen LogP contribution in [0.4, 0.5) is 5.69 Å². The number of aromatic nitrogens is 3. The van der Waals surface area contributed by atoms with Gasteiger partial charge in [-0.15, -0.1) is 10.2 Å². The summed E-state index contributed by atoms with van der Waals surface area (Å²) in [5, 5.41) is 11.1. The van der Waals surface area contributed by atoms with Gasteiger partial charge in [0, 0.05) is 17.5 Å². The van der Waals surface area contributed by atoms with Crippen molar-refractivity contribution in [3.05, 3.63) is 72.3 Å². The molecule has 0 spiro atoms. The number of benzene rings is 3. The molecule has 0 aliphatic carbocycles. The van der Waals surface area contributed by atoms with Crippen molar-refractivity contribution < 1.29 is 4.79 Å². The molecular weight excluding hydrogens is 394 g/mol. The number of fused-ring (bicyclic) bond motifs is 1. The smallest absolute Gasteiger partial charge is 0.237 e. The summed E-state index contributed by atoms with van der Waals surface area (Å²) in [5.74, 6) is 7.00. The average molecular weight is 418 g/mol. The molecule has 0 atom stereocenters. The lowest BCUT2D eigenvalue weighted by Crippen LogP contribution is -2.32. The van der Waals surface area contributed by atoms with E-state index in [-0.39, 0.29) is 11.7 Å². The number of hydrogen-bond acceptors (Lipinski definition) is 5. The normalized spacial score (nSPS) is 11.0. The Balaban J connectivity index is 1.52. The summed E-state index contributed by atoms with van der Waals surface area (Å²) in [7, 11) is 0. The van der Waals surface area contributed by atoms with Crippen molar-refractivity contribution in [2.45, 2.75) is 19.0 Å². The molecule has 2 N–H and O–H groups in total.